The summed E-state index contributed by atoms with van der Waals surface area (Å²) in [6.45, 7) is 4.88. The van der Waals surface area contributed by atoms with E-state index in [0.717, 1.165) is 24.5 Å². The number of aliphatic hydroxyl groups is 1. The summed E-state index contributed by atoms with van der Waals surface area (Å²) < 4.78 is 0. The highest BCUT2D eigenvalue weighted by Gasteiger charge is 2.12. The largest absolute Gasteiger partial charge is 0.393 e. The quantitative estimate of drug-likeness (QED) is 0.838. The molecule has 0 aliphatic carbocycles. The highest BCUT2D eigenvalue weighted by atomic mass is 16.3. The molecule has 2 amide bonds. The van der Waals surface area contributed by atoms with Crippen molar-refractivity contribution in [2.45, 2.75) is 51.7 Å². The lowest BCUT2D eigenvalue weighted by Crippen LogP contribution is -2.38. The summed E-state index contributed by atoms with van der Waals surface area (Å²) in [6, 6.07) is 3.89. The Labute approximate surface area is 144 Å². The van der Waals surface area contributed by atoms with E-state index in [0.29, 0.717) is 19.5 Å². The number of hydrogen-bond donors (Lipinski definition) is 2. The summed E-state index contributed by atoms with van der Waals surface area (Å²) in [5.41, 5.74) is 1.06. The fourth-order valence-corrected chi connectivity index (χ4v) is 2.84. The Morgan fingerprint density at radius 3 is 2.75 bits per heavy atom. The van der Waals surface area contributed by atoms with Crippen LogP contribution in [0.4, 0.5) is 10.6 Å². The van der Waals surface area contributed by atoms with Crippen LogP contribution in [0.1, 0.15) is 44.6 Å². The molecule has 0 radical (unpaired) electrons. The second-order valence-electron chi connectivity index (χ2n) is 6.64. The Kier molecular flexibility index (Phi) is 7.31. The van der Waals surface area contributed by atoms with Crippen LogP contribution in [0, 0.1) is 0 Å². The van der Waals surface area contributed by atoms with Crippen LogP contribution in [0.15, 0.2) is 18.3 Å². The molecule has 1 saturated heterocycles. The summed E-state index contributed by atoms with van der Waals surface area (Å²) in [6.07, 6.45) is 7.04. The minimum Gasteiger partial charge on any atom is -0.393 e. The van der Waals surface area contributed by atoms with Gasteiger partial charge in [-0.1, -0.05) is 12.8 Å². The third-order valence-corrected chi connectivity index (χ3v) is 4.41. The van der Waals surface area contributed by atoms with Crippen molar-refractivity contribution in [1.29, 1.82) is 0 Å². The minimum atomic E-state index is -0.392. The van der Waals surface area contributed by atoms with E-state index in [9.17, 15) is 9.90 Å². The predicted molar refractivity (Wildman–Crippen MR) is 96.1 cm³/mol. The van der Waals surface area contributed by atoms with Gasteiger partial charge < -0.3 is 20.2 Å². The zero-order chi connectivity index (χ0) is 17.4. The van der Waals surface area contributed by atoms with Crippen LogP contribution in [0.2, 0.25) is 0 Å². The van der Waals surface area contributed by atoms with Crippen molar-refractivity contribution < 1.29 is 9.90 Å². The van der Waals surface area contributed by atoms with Gasteiger partial charge in [0.1, 0.15) is 5.82 Å². The number of carbonyl (C=O) groups excluding carboxylic acids is 1. The molecule has 1 aromatic rings. The van der Waals surface area contributed by atoms with Crippen LogP contribution >= 0.6 is 0 Å². The number of nitrogens with zero attached hydrogens (tertiary/aromatic N) is 3. The molecule has 2 N–H and O–H groups in total. The maximum absolute atomic E-state index is 12.1. The molecule has 0 saturated carbocycles. The van der Waals surface area contributed by atoms with Gasteiger partial charge in [0.25, 0.3) is 0 Å². The van der Waals surface area contributed by atoms with Crippen molar-refractivity contribution in [2.75, 3.05) is 31.6 Å². The van der Waals surface area contributed by atoms with Crippen molar-refractivity contribution in [2.24, 2.45) is 0 Å². The van der Waals surface area contributed by atoms with Crippen LogP contribution in [-0.4, -0.2) is 53.8 Å². The molecule has 1 aromatic heterocycles. The van der Waals surface area contributed by atoms with Crippen LogP contribution < -0.4 is 10.2 Å². The number of anilines is 1. The molecular weight excluding hydrogens is 304 g/mol. The van der Waals surface area contributed by atoms with E-state index in [1.54, 1.807) is 18.9 Å². The first-order chi connectivity index (χ1) is 11.6. The standard InChI is InChI=1S/C18H30N4O2/c1-15(23)8-12-21(2)18(24)20-14-16-7-9-19-17(13-16)22-10-5-3-4-6-11-22/h7,9,13,15,23H,3-6,8,10-12,14H2,1-2H3,(H,20,24). The molecule has 0 spiro atoms. The molecule has 2 heterocycles. The third-order valence-electron chi connectivity index (χ3n) is 4.41. The Morgan fingerprint density at radius 2 is 2.08 bits per heavy atom. The second-order valence-corrected chi connectivity index (χ2v) is 6.64. The first-order valence-electron chi connectivity index (χ1n) is 8.93. The van der Waals surface area contributed by atoms with Gasteiger partial charge in [-0.2, -0.15) is 0 Å². The number of carbonyl (C=O) groups is 1. The maximum Gasteiger partial charge on any atom is 0.317 e. The van der Waals surface area contributed by atoms with Crippen molar-refractivity contribution >= 4 is 11.8 Å². The number of hydrogen-bond acceptors (Lipinski definition) is 4. The normalized spacial score (nSPS) is 16.4. The van der Waals surface area contributed by atoms with Crippen LogP contribution in [0.5, 0.6) is 0 Å². The van der Waals surface area contributed by atoms with Gasteiger partial charge in [-0.25, -0.2) is 9.78 Å². The highest BCUT2D eigenvalue weighted by Crippen LogP contribution is 2.18. The Bertz CT molecular complexity index is 513. The summed E-state index contributed by atoms with van der Waals surface area (Å²) >= 11 is 0. The number of nitrogens with one attached hydrogen (secondary N) is 1. The Hall–Kier alpha value is -1.82. The first-order valence-corrected chi connectivity index (χ1v) is 8.93. The maximum atomic E-state index is 12.1. The molecule has 1 aliphatic heterocycles. The topological polar surface area (TPSA) is 68.7 Å². The van der Waals surface area contributed by atoms with Crippen LogP contribution in [-0.2, 0) is 6.54 Å². The molecule has 1 fully saturated rings. The van der Waals surface area contributed by atoms with Crippen molar-refractivity contribution in [3.63, 3.8) is 0 Å². The molecule has 6 nitrogen and oxygen atoms in total. The average molecular weight is 334 g/mol. The lowest BCUT2D eigenvalue weighted by molar-refractivity contribution is 0.163. The van der Waals surface area contributed by atoms with Crippen LogP contribution in [0.3, 0.4) is 0 Å². The third kappa shape index (κ3) is 6.00. The predicted octanol–water partition coefficient (Wildman–Crippen LogP) is 2.37. The number of rotatable bonds is 6. The van der Waals surface area contributed by atoms with E-state index in [-0.39, 0.29) is 6.03 Å². The number of aromatic nitrogens is 1. The molecule has 24 heavy (non-hydrogen) atoms. The molecule has 0 bridgehead atoms. The number of amides is 2. The number of pyridine rings is 1. The zero-order valence-electron chi connectivity index (χ0n) is 14.9. The van der Waals surface area contributed by atoms with E-state index in [4.69, 9.17) is 0 Å². The van der Waals surface area contributed by atoms with Gasteiger partial charge in [0.15, 0.2) is 0 Å². The van der Waals surface area contributed by atoms with Gasteiger partial charge in [-0.15, -0.1) is 0 Å². The molecule has 134 valence electrons. The van der Waals surface area contributed by atoms with Crippen molar-refractivity contribution in [3.05, 3.63) is 23.9 Å². The van der Waals surface area contributed by atoms with Crippen molar-refractivity contribution in [3.8, 4) is 0 Å². The fourth-order valence-electron chi connectivity index (χ4n) is 2.84. The summed E-state index contributed by atoms with van der Waals surface area (Å²) in [7, 11) is 1.74. The van der Waals surface area contributed by atoms with Gasteiger partial charge in [-0.05, 0) is 43.9 Å². The zero-order valence-corrected chi connectivity index (χ0v) is 14.9. The SMILES string of the molecule is CC(O)CCN(C)C(=O)NCc1ccnc(N2CCCCCC2)c1. The molecule has 6 heteroatoms. The fraction of sp³-hybridized carbons (Fsp3) is 0.667. The first kappa shape index (κ1) is 18.5. The van der Waals surface area contributed by atoms with E-state index in [2.05, 4.69) is 21.3 Å². The molecule has 1 aliphatic rings. The van der Waals surface area contributed by atoms with Crippen LogP contribution in [0.25, 0.3) is 0 Å². The summed E-state index contributed by atoms with van der Waals surface area (Å²) in [5, 5.41) is 12.2. The van der Waals surface area contributed by atoms with Gasteiger partial charge in [0, 0.05) is 39.4 Å². The van der Waals surface area contributed by atoms with Gasteiger partial charge >= 0.3 is 6.03 Å². The van der Waals surface area contributed by atoms with Gasteiger partial charge in [0.05, 0.1) is 6.10 Å². The van der Waals surface area contributed by atoms with E-state index < -0.39 is 6.10 Å². The van der Waals surface area contributed by atoms with Gasteiger partial charge in [-0.3, -0.25) is 0 Å². The van der Waals surface area contributed by atoms with E-state index in [1.165, 1.54) is 25.7 Å². The van der Waals surface area contributed by atoms with Gasteiger partial charge in [0.2, 0.25) is 0 Å². The van der Waals surface area contributed by atoms with E-state index in [1.807, 2.05) is 12.3 Å². The Balaban J connectivity index is 1.86. The summed E-state index contributed by atoms with van der Waals surface area (Å²) in [4.78, 5) is 20.5. The number of urea groups is 1. The smallest absolute Gasteiger partial charge is 0.317 e. The molecule has 1 atom stereocenters. The lowest BCUT2D eigenvalue weighted by Gasteiger charge is -2.22. The average Bonchev–Trinajstić information content (AvgIpc) is 2.87. The number of aliphatic hydroxyl groups excluding tert-OH is 1. The minimum absolute atomic E-state index is 0.121. The summed E-state index contributed by atoms with van der Waals surface area (Å²) in [5.74, 6) is 1.01. The molecular formula is C18H30N4O2. The van der Waals surface area contributed by atoms with E-state index >= 15 is 0 Å². The highest BCUT2D eigenvalue weighted by molar-refractivity contribution is 5.73. The molecule has 2 rings (SSSR count). The molecule has 0 aromatic carbocycles. The Morgan fingerprint density at radius 1 is 1.38 bits per heavy atom. The van der Waals surface area contributed by atoms with Crippen molar-refractivity contribution in [1.82, 2.24) is 15.2 Å². The second kappa shape index (κ2) is 9.47. The molecule has 1 unspecified atom stereocenters. The monoisotopic (exact) mass is 334 g/mol. The lowest BCUT2D eigenvalue weighted by atomic mass is 10.2.